The zero-order chi connectivity index (χ0) is 21.8. The van der Waals surface area contributed by atoms with Gasteiger partial charge in [0.25, 0.3) is 0 Å². The molecule has 0 spiro atoms. The molecule has 164 valence electrons. The fourth-order valence-corrected chi connectivity index (χ4v) is 3.64. The summed E-state index contributed by atoms with van der Waals surface area (Å²) in [4.78, 5) is 13.4. The van der Waals surface area contributed by atoms with Crippen molar-refractivity contribution in [1.29, 1.82) is 0 Å². The number of hydrogen-bond acceptors (Lipinski definition) is 6. The van der Waals surface area contributed by atoms with Crippen LogP contribution in [-0.2, 0) is 11.3 Å². The molecule has 2 aromatic rings. The van der Waals surface area contributed by atoms with E-state index >= 15 is 0 Å². The lowest BCUT2D eigenvalue weighted by Crippen LogP contribution is -2.50. The molecule has 2 aromatic carbocycles. The number of morpholine rings is 1. The summed E-state index contributed by atoms with van der Waals surface area (Å²) in [5.41, 5.74) is 1.09. The Balaban J connectivity index is 1.26. The van der Waals surface area contributed by atoms with Crippen molar-refractivity contribution in [1.82, 2.24) is 10.2 Å². The second-order valence-corrected chi connectivity index (χ2v) is 7.68. The predicted molar refractivity (Wildman–Crippen MR) is 115 cm³/mol. The lowest BCUT2D eigenvalue weighted by atomic mass is 10.1. The first-order valence-corrected chi connectivity index (χ1v) is 10.4. The van der Waals surface area contributed by atoms with Crippen LogP contribution in [0.4, 0.5) is 4.39 Å². The van der Waals surface area contributed by atoms with Crippen LogP contribution < -0.4 is 19.5 Å². The molecule has 31 heavy (non-hydrogen) atoms. The number of thiocarbonyl (C=S) groups is 1. The van der Waals surface area contributed by atoms with Crippen molar-refractivity contribution < 1.29 is 28.1 Å². The number of nitrogens with zero attached hydrogens (tertiary/aromatic N) is 1. The molecule has 1 fully saturated rings. The Morgan fingerprint density at radius 1 is 1.26 bits per heavy atom. The number of fused-ring (bicyclic) bond motifs is 1. The highest BCUT2D eigenvalue weighted by Gasteiger charge is 2.23. The van der Waals surface area contributed by atoms with Crippen molar-refractivity contribution >= 4 is 23.1 Å². The van der Waals surface area contributed by atoms with Crippen LogP contribution in [0, 0.1) is 5.82 Å². The van der Waals surface area contributed by atoms with Gasteiger partial charge in [-0.05, 0) is 49.0 Å². The average Bonchev–Trinajstić information content (AvgIpc) is 3.24. The molecule has 0 amide bonds. The molecule has 1 saturated heterocycles. The molecule has 7 nitrogen and oxygen atoms in total. The van der Waals surface area contributed by atoms with Crippen LogP contribution in [0.15, 0.2) is 36.4 Å². The van der Waals surface area contributed by atoms with E-state index in [1.54, 1.807) is 6.07 Å². The van der Waals surface area contributed by atoms with Gasteiger partial charge in [0, 0.05) is 25.7 Å². The smallest absolute Gasteiger partial charge is 0.231 e. The van der Waals surface area contributed by atoms with E-state index in [1.807, 2.05) is 23.1 Å². The molecule has 2 aliphatic rings. The summed E-state index contributed by atoms with van der Waals surface area (Å²) in [6.45, 7) is 4.13. The highest BCUT2D eigenvalue weighted by atomic mass is 32.1. The molecule has 0 saturated carbocycles. The second kappa shape index (κ2) is 9.49. The van der Waals surface area contributed by atoms with Gasteiger partial charge in [-0.15, -0.1) is 0 Å². The Bertz CT molecular complexity index is 986. The zero-order valence-corrected chi connectivity index (χ0v) is 17.9. The van der Waals surface area contributed by atoms with Gasteiger partial charge in [0.2, 0.25) is 6.79 Å². The first-order valence-electron chi connectivity index (χ1n) is 9.96. The minimum absolute atomic E-state index is 0.0475. The van der Waals surface area contributed by atoms with Gasteiger partial charge in [0.1, 0.15) is 24.3 Å². The van der Waals surface area contributed by atoms with E-state index in [2.05, 4.69) is 5.32 Å². The molecule has 0 aliphatic carbocycles. The number of hydrogen-bond donors (Lipinski definition) is 1. The normalized spacial score (nSPS) is 17.4. The van der Waals surface area contributed by atoms with Crippen LogP contribution in [0.3, 0.4) is 0 Å². The minimum atomic E-state index is -0.593. The van der Waals surface area contributed by atoms with E-state index in [-0.39, 0.29) is 30.9 Å². The summed E-state index contributed by atoms with van der Waals surface area (Å²) < 4.78 is 36.1. The van der Waals surface area contributed by atoms with E-state index in [0.717, 1.165) is 17.1 Å². The van der Waals surface area contributed by atoms with E-state index in [4.69, 9.17) is 31.2 Å². The van der Waals surface area contributed by atoms with Gasteiger partial charge in [0.05, 0.1) is 12.2 Å². The molecule has 1 unspecified atom stereocenters. The van der Waals surface area contributed by atoms with E-state index in [9.17, 15) is 9.18 Å². The van der Waals surface area contributed by atoms with Crippen LogP contribution in [-0.4, -0.2) is 55.0 Å². The quantitative estimate of drug-likeness (QED) is 0.537. The Kier molecular flexibility index (Phi) is 6.53. The summed E-state index contributed by atoms with van der Waals surface area (Å²) in [6, 6.07) is 10.0. The Morgan fingerprint density at radius 3 is 2.90 bits per heavy atom. The Hall–Kier alpha value is -2.91. The molecule has 1 atom stereocenters. The third kappa shape index (κ3) is 5.23. The lowest BCUT2D eigenvalue weighted by molar-refractivity contribution is -0.0288. The number of carbonyl (C=O) groups is 1. The molecular formula is C22H23FN2O5S. The Labute approximate surface area is 185 Å². The number of carbonyl (C=O) groups excluding carboxylic acids is 1. The molecule has 0 bridgehead atoms. The predicted octanol–water partition coefficient (Wildman–Crippen LogP) is 2.91. The summed E-state index contributed by atoms with van der Waals surface area (Å²) >= 11 is 5.54. The minimum Gasteiger partial charge on any atom is -0.491 e. The van der Waals surface area contributed by atoms with E-state index in [0.29, 0.717) is 37.1 Å². The van der Waals surface area contributed by atoms with Crippen LogP contribution in [0.1, 0.15) is 22.8 Å². The standard InChI is InChI=1S/C22H23FN2O5S/c1-14(26)18-4-3-16(9-19(18)23)28-12-17-11-25(6-7-27-17)22(31)24-10-15-2-5-20-21(8-15)30-13-29-20/h2-5,8-9,17H,6-7,10-13H2,1H3,(H,24,31). The number of benzene rings is 2. The van der Waals surface area contributed by atoms with Crippen molar-refractivity contribution in [3.8, 4) is 17.2 Å². The maximum Gasteiger partial charge on any atom is 0.231 e. The van der Waals surface area contributed by atoms with Gasteiger partial charge in [-0.2, -0.15) is 0 Å². The van der Waals surface area contributed by atoms with E-state index in [1.165, 1.54) is 19.1 Å². The molecule has 1 N–H and O–H groups in total. The van der Waals surface area contributed by atoms with Crippen LogP contribution in [0.25, 0.3) is 0 Å². The van der Waals surface area contributed by atoms with Crippen molar-refractivity contribution in [2.24, 2.45) is 0 Å². The monoisotopic (exact) mass is 446 g/mol. The maximum absolute atomic E-state index is 14.0. The van der Waals surface area contributed by atoms with Gasteiger partial charge in [-0.3, -0.25) is 4.79 Å². The number of ether oxygens (including phenoxy) is 4. The zero-order valence-electron chi connectivity index (χ0n) is 17.1. The molecule has 9 heteroatoms. The van der Waals surface area contributed by atoms with Gasteiger partial charge < -0.3 is 29.2 Å². The fourth-order valence-electron chi connectivity index (χ4n) is 3.41. The van der Waals surface area contributed by atoms with Crippen molar-refractivity contribution in [3.05, 3.63) is 53.3 Å². The summed E-state index contributed by atoms with van der Waals surface area (Å²) in [5.74, 6) is 0.925. The maximum atomic E-state index is 14.0. The summed E-state index contributed by atoms with van der Waals surface area (Å²) in [7, 11) is 0. The topological polar surface area (TPSA) is 69.3 Å². The molecule has 4 rings (SSSR count). The van der Waals surface area contributed by atoms with E-state index < -0.39 is 5.82 Å². The van der Waals surface area contributed by atoms with Crippen LogP contribution >= 0.6 is 12.2 Å². The summed E-state index contributed by atoms with van der Waals surface area (Å²) in [6.07, 6.45) is -0.213. The summed E-state index contributed by atoms with van der Waals surface area (Å²) in [5, 5.41) is 3.89. The highest BCUT2D eigenvalue weighted by Crippen LogP contribution is 2.32. The van der Waals surface area contributed by atoms with Gasteiger partial charge in [0.15, 0.2) is 22.4 Å². The number of Topliss-reactive ketones (excluding diaryl/α,β-unsaturated/α-hetero) is 1. The van der Waals surface area contributed by atoms with Gasteiger partial charge in [-0.1, -0.05) is 6.07 Å². The molecule has 2 heterocycles. The number of nitrogens with one attached hydrogen (secondary N) is 1. The largest absolute Gasteiger partial charge is 0.491 e. The Morgan fingerprint density at radius 2 is 2.10 bits per heavy atom. The van der Waals surface area contributed by atoms with Crippen LogP contribution in [0.5, 0.6) is 17.2 Å². The third-order valence-electron chi connectivity index (χ3n) is 5.06. The van der Waals surface area contributed by atoms with Gasteiger partial charge in [-0.25, -0.2) is 4.39 Å². The molecule has 2 aliphatic heterocycles. The van der Waals surface area contributed by atoms with Crippen molar-refractivity contribution in [2.45, 2.75) is 19.6 Å². The number of ketones is 1. The average molecular weight is 447 g/mol. The fraction of sp³-hybridized carbons (Fsp3) is 0.364. The first kappa shape index (κ1) is 21.3. The SMILES string of the molecule is CC(=O)c1ccc(OCC2CN(C(=S)NCc3ccc4c(c3)OCO4)CCO2)cc1F. The first-order chi connectivity index (χ1) is 15.0. The van der Waals surface area contributed by atoms with Gasteiger partial charge >= 0.3 is 0 Å². The molecular weight excluding hydrogens is 423 g/mol. The second-order valence-electron chi connectivity index (χ2n) is 7.29. The highest BCUT2D eigenvalue weighted by molar-refractivity contribution is 7.80. The van der Waals surface area contributed by atoms with Crippen LogP contribution in [0.2, 0.25) is 0 Å². The molecule has 0 radical (unpaired) electrons. The number of halogens is 1. The van der Waals surface area contributed by atoms with Crippen molar-refractivity contribution in [2.75, 3.05) is 33.1 Å². The molecule has 0 aromatic heterocycles. The lowest BCUT2D eigenvalue weighted by Gasteiger charge is -2.34. The third-order valence-corrected chi connectivity index (χ3v) is 5.46. The number of rotatable bonds is 6. The van der Waals surface area contributed by atoms with Crippen molar-refractivity contribution in [3.63, 3.8) is 0 Å².